The molecule has 21 heavy (non-hydrogen) atoms. The van der Waals surface area contributed by atoms with Crippen molar-refractivity contribution < 1.29 is 4.74 Å². The zero-order valence-corrected chi connectivity index (χ0v) is 13.9. The molecule has 2 aromatic rings. The van der Waals surface area contributed by atoms with Crippen LogP contribution >= 0.6 is 11.8 Å². The van der Waals surface area contributed by atoms with Crippen LogP contribution < -0.4 is 10.1 Å². The molecule has 0 spiro atoms. The zero-order valence-electron chi connectivity index (χ0n) is 13.1. The van der Waals surface area contributed by atoms with Crippen LogP contribution in [0.1, 0.15) is 33.1 Å². The second-order valence-corrected chi connectivity index (χ2v) is 6.16. The number of fused-ring (bicyclic) bond motifs is 1. The number of nitrogens with zero attached hydrogens (tertiary/aromatic N) is 1. The number of thioether (sulfide) groups is 1. The van der Waals surface area contributed by atoms with Crippen molar-refractivity contribution in [2.24, 2.45) is 0 Å². The smallest absolute Gasteiger partial charge is 0.166 e. The molecule has 0 fully saturated rings. The molecule has 0 aliphatic rings. The molecule has 0 bridgehead atoms. The van der Waals surface area contributed by atoms with Gasteiger partial charge in [-0.15, -0.1) is 0 Å². The third-order valence-electron chi connectivity index (χ3n) is 3.59. The minimum atomic E-state index is 0.649. The fraction of sp³-hybridized carbons (Fsp3) is 0.562. The maximum atomic E-state index is 5.23. The average molecular weight is 307 g/mol. The lowest BCUT2D eigenvalue weighted by atomic mass is 10.1. The highest BCUT2D eigenvalue weighted by atomic mass is 32.2. The SMILES string of the molecule is CCNC(CC)CCCSc1nc2ccc(OC)cc2[nH]1. The van der Waals surface area contributed by atoms with E-state index in [9.17, 15) is 0 Å². The first-order valence-corrected chi connectivity index (χ1v) is 8.65. The molecule has 1 aromatic heterocycles. The first-order chi connectivity index (χ1) is 10.3. The maximum Gasteiger partial charge on any atom is 0.166 e. The lowest BCUT2D eigenvalue weighted by molar-refractivity contribution is 0.415. The molecule has 1 atom stereocenters. The summed E-state index contributed by atoms with van der Waals surface area (Å²) in [5.74, 6) is 1.96. The molecule has 0 amide bonds. The Morgan fingerprint density at radius 2 is 2.24 bits per heavy atom. The van der Waals surface area contributed by atoms with Crippen molar-refractivity contribution in [1.29, 1.82) is 0 Å². The molecule has 116 valence electrons. The van der Waals surface area contributed by atoms with Crippen LogP contribution in [0, 0.1) is 0 Å². The normalized spacial score (nSPS) is 12.7. The first-order valence-electron chi connectivity index (χ1n) is 7.66. The highest BCUT2D eigenvalue weighted by molar-refractivity contribution is 7.99. The van der Waals surface area contributed by atoms with Crippen molar-refractivity contribution >= 4 is 22.8 Å². The van der Waals surface area contributed by atoms with Crippen molar-refractivity contribution in [2.75, 3.05) is 19.4 Å². The number of nitrogens with one attached hydrogen (secondary N) is 2. The van der Waals surface area contributed by atoms with Gasteiger partial charge in [-0.05, 0) is 37.9 Å². The van der Waals surface area contributed by atoms with Crippen molar-refractivity contribution in [3.63, 3.8) is 0 Å². The van der Waals surface area contributed by atoms with E-state index in [1.165, 1.54) is 19.3 Å². The van der Waals surface area contributed by atoms with E-state index in [2.05, 4.69) is 29.1 Å². The van der Waals surface area contributed by atoms with E-state index in [-0.39, 0.29) is 0 Å². The minimum Gasteiger partial charge on any atom is -0.497 e. The number of aromatic amines is 1. The topological polar surface area (TPSA) is 49.9 Å². The zero-order chi connectivity index (χ0) is 15.1. The number of aromatic nitrogens is 2. The molecule has 1 aromatic carbocycles. The number of hydrogen-bond donors (Lipinski definition) is 2. The van der Waals surface area contributed by atoms with E-state index >= 15 is 0 Å². The summed E-state index contributed by atoms with van der Waals surface area (Å²) in [5, 5.41) is 4.51. The van der Waals surface area contributed by atoms with E-state index in [4.69, 9.17) is 4.74 Å². The molecule has 0 radical (unpaired) electrons. The van der Waals surface area contributed by atoms with Gasteiger partial charge < -0.3 is 15.0 Å². The van der Waals surface area contributed by atoms with E-state index in [1.807, 2.05) is 18.2 Å². The average Bonchev–Trinajstić information content (AvgIpc) is 2.91. The van der Waals surface area contributed by atoms with Gasteiger partial charge in [-0.1, -0.05) is 25.6 Å². The molecule has 2 N–H and O–H groups in total. The molecule has 0 aliphatic carbocycles. The van der Waals surface area contributed by atoms with Gasteiger partial charge in [-0.2, -0.15) is 0 Å². The van der Waals surface area contributed by atoms with Gasteiger partial charge in [0.2, 0.25) is 0 Å². The standard InChI is InChI=1S/C16H25N3OS/c1-4-12(17-5-2)7-6-10-21-16-18-14-9-8-13(20-3)11-15(14)19-16/h8-9,11-12,17H,4-7,10H2,1-3H3,(H,18,19). The van der Waals surface area contributed by atoms with Crippen LogP contribution in [0.3, 0.4) is 0 Å². The molecule has 0 saturated carbocycles. The predicted molar refractivity (Wildman–Crippen MR) is 90.4 cm³/mol. The van der Waals surface area contributed by atoms with Gasteiger partial charge in [0.15, 0.2) is 5.16 Å². The summed E-state index contributed by atoms with van der Waals surface area (Å²) in [5.41, 5.74) is 2.04. The first kappa shape index (κ1) is 16.2. The largest absolute Gasteiger partial charge is 0.497 e. The van der Waals surface area contributed by atoms with Gasteiger partial charge >= 0.3 is 0 Å². The second kappa shape index (κ2) is 8.29. The summed E-state index contributed by atoms with van der Waals surface area (Å²) in [7, 11) is 1.68. The number of methoxy groups -OCH3 is 1. The van der Waals surface area contributed by atoms with Gasteiger partial charge in [0.25, 0.3) is 0 Å². The fourth-order valence-electron chi connectivity index (χ4n) is 2.40. The number of ether oxygens (including phenoxy) is 1. The Morgan fingerprint density at radius 1 is 1.38 bits per heavy atom. The number of hydrogen-bond acceptors (Lipinski definition) is 4. The Hall–Kier alpha value is -1.20. The van der Waals surface area contributed by atoms with Crippen LogP contribution in [0.5, 0.6) is 5.75 Å². The van der Waals surface area contributed by atoms with Gasteiger partial charge in [0.1, 0.15) is 5.75 Å². The van der Waals surface area contributed by atoms with E-state index in [0.717, 1.165) is 34.2 Å². The van der Waals surface area contributed by atoms with Crippen LogP contribution in [0.2, 0.25) is 0 Å². The lowest BCUT2D eigenvalue weighted by Gasteiger charge is -2.14. The van der Waals surface area contributed by atoms with Crippen molar-refractivity contribution in [3.8, 4) is 5.75 Å². The Balaban J connectivity index is 1.83. The summed E-state index contributed by atoms with van der Waals surface area (Å²) in [6, 6.07) is 6.58. The Kier molecular flexibility index (Phi) is 6.39. The quantitative estimate of drug-likeness (QED) is 0.546. The maximum absolute atomic E-state index is 5.23. The van der Waals surface area contributed by atoms with Gasteiger partial charge in [0.05, 0.1) is 18.1 Å². The van der Waals surface area contributed by atoms with Crippen LogP contribution in [-0.4, -0.2) is 35.4 Å². The molecule has 0 saturated heterocycles. The summed E-state index contributed by atoms with van der Waals surface area (Å²) in [4.78, 5) is 7.95. The number of benzene rings is 1. The number of H-pyrrole nitrogens is 1. The minimum absolute atomic E-state index is 0.649. The molecule has 0 aliphatic heterocycles. The molecule has 1 unspecified atom stereocenters. The third kappa shape index (κ3) is 4.64. The summed E-state index contributed by atoms with van der Waals surface area (Å²) in [6.45, 7) is 5.46. The predicted octanol–water partition coefficient (Wildman–Crippen LogP) is 3.83. The van der Waals surface area contributed by atoms with Crippen LogP contribution in [0.15, 0.2) is 23.4 Å². The summed E-state index contributed by atoms with van der Waals surface area (Å²) < 4.78 is 5.23. The van der Waals surface area contributed by atoms with Crippen LogP contribution in [-0.2, 0) is 0 Å². The summed E-state index contributed by atoms with van der Waals surface area (Å²) in [6.07, 6.45) is 3.63. The Labute approximate surface area is 131 Å². The third-order valence-corrected chi connectivity index (χ3v) is 4.55. The highest BCUT2D eigenvalue weighted by Crippen LogP contribution is 2.23. The number of imidazole rings is 1. The molecular formula is C16H25N3OS. The van der Waals surface area contributed by atoms with Crippen molar-refractivity contribution in [3.05, 3.63) is 18.2 Å². The molecule has 5 heteroatoms. The monoisotopic (exact) mass is 307 g/mol. The van der Waals surface area contributed by atoms with Gasteiger partial charge in [-0.3, -0.25) is 0 Å². The summed E-state index contributed by atoms with van der Waals surface area (Å²) >= 11 is 1.79. The highest BCUT2D eigenvalue weighted by Gasteiger charge is 2.06. The van der Waals surface area contributed by atoms with E-state index in [1.54, 1.807) is 18.9 Å². The van der Waals surface area contributed by atoms with Gasteiger partial charge in [0, 0.05) is 17.9 Å². The second-order valence-electron chi connectivity index (χ2n) is 5.08. The number of rotatable bonds is 9. The molecular weight excluding hydrogens is 282 g/mol. The van der Waals surface area contributed by atoms with Crippen molar-refractivity contribution in [1.82, 2.24) is 15.3 Å². The Bertz CT molecular complexity index is 555. The molecule has 2 rings (SSSR count). The van der Waals surface area contributed by atoms with Crippen molar-refractivity contribution in [2.45, 2.75) is 44.3 Å². The molecule has 4 nitrogen and oxygen atoms in total. The lowest BCUT2D eigenvalue weighted by Crippen LogP contribution is -2.28. The van der Waals surface area contributed by atoms with E-state index < -0.39 is 0 Å². The molecule has 1 heterocycles. The fourth-order valence-corrected chi connectivity index (χ4v) is 3.25. The Morgan fingerprint density at radius 3 is 2.95 bits per heavy atom. The van der Waals surface area contributed by atoms with Crippen LogP contribution in [0.4, 0.5) is 0 Å². The van der Waals surface area contributed by atoms with E-state index in [0.29, 0.717) is 6.04 Å². The van der Waals surface area contributed by atoms with Gasteiger partial charge in [-0.25, -0.2) is 4.98 Å². The van der Waals surface area contributed by atoms with Crippen LogP contribution in [0.25, 0.3) is 11.0 Å².